The average Bonchev–Trinajstić information content (AvgIpc) is 3.33. The van der Waals surface area contributed by atoms with E-state index in [1.54, 1.807) is 6.20 Å². The van der Waals surface area contributed by atoms with E-state index in [1.807, 2.05) is 23.1 Å². The number of anilines is 1. The van der Waals surface area contributed by atoms with Gasteiger partial charge in [0, 0.05) is 56.7 Å². The molecule has 1 amide bonds. The summed E-state index contributed by atoms with van der Waals surface area (Å²) < 4.78 is 5.17. The molecule has 4 nitrogen and oxygen atoms in total. The molecule has 1 atom stereocenters. The Balaban J connectivity index is 0.00000210. The molecule has 2 heterocycles. The largest absolute Gasteiger partial charge is 0.630 e. The fourth-order valence-electron chi connectivity index (χ4n) is 3.64. The van der Waals surface area contributed by atoms with Gasteiger partial charge in [-0.1, -0.05) is 55.1 Å². The second kappa shape index (κ2) is 9.43. The van der Waals surface area contributed by atoms with Gasteiger partial charge in [-0.25, -0.2) is 0 Å². The molecule has 1 aliphatic rings. The van der Waals surface area contributed by atoms with Crippen LogP contribution in [0.25, 0.3) is 11.1 Å². The summed E-state index contributed by atoms with van der Waals surface area (Å²) in [6.45, 7) is 0. The van der Waals surface area contributed by atoms with Crippen LogP contribution in [0.3, 0.4) is 0 Å². The molecule has 1 aromatic heterocycles. The summed E-state index contributed by atoms with van der Waals surface area (Å²) in [5.74, 6) is 0.931. The van der Waals surface area contributed by atoms with Gasteiger partial charge in [0.05, 0.1) is 0 Å². The van der Waals surface area contributed by atoms with Crippen molar-refractivity contribution in [3.05, 3.63) is 72.9 Å². The first-order chi connectivity index (χ1) is 12.8. The summed E-state index contributed by atoms with van der Waals surface area (Å²) in [4.78, 5) is 18.5. The molecule has 0 saturated carbocycles. The number of oxazole rings is 1. The minimum absolute atomic E-state index is 0. The summed E-state index contributed by atoms with van der Waals surface area (Å²) in [6, 6.07) is 18.8. The average molecular weight is 434 g/mol. The van der Waals surface area contributed by atoms with Gasteiger partial charge >= 0.3 is 0 Å². The number of carbonyl (C=O) groups excluding carboxylic acids is 1. The molecule has 0 bridgehead atoms. The first-order valence-electron chi connectivity index (χ1n) is 9.09. The Morgan fingerprint density at radius 1 is 1.07 bits per heavy atom. The number of hydrogen-bond donors (Lipinski definition) is 0. The smallest absolute Gasteiger partial charge is 0.227 e. The van der Waals surface area contributed by atoms with E-state index in [0.29, 0.717) is 12.3 Å². The summed E-state index contributed by atoms with van der Waals surface area (Å²) in [6.07, 6.45) is 8.39. The van der Waals surface area contributed by atoms with E-state index in [9.17, 15) is 4.79 Å². The van der Waals surface area contributed by atoms with Gasteiger partial charge in [-0.3, -0.25) is 4.79 Å². The molecule has 0 aliphatic carbocycles. The molecule has 5 heteroatoms. The zero-order valence-corrected chi connectivity index (χ0v) is 18.0. The molecule has 4 rings (SSSR count). The first-order valence-corrected chi connectivity index (χ1v) is 9.09. The number of benzene rings is 2. The summed E-state index contributed by atoms with van der Waals surface area (Å²) in [5.41, 5.74) is 3.34. The van der Waals surface area contributed by atoms with E-state index in [2.05, 4.69) is 47.6 Å². The summed E-state index contributed by atoms with van der Waals surface area (Å²) in [5, 5.41) is 0. The molecule has 3 aromatic rings. The molecular weight excluding hydrogens is 413 g/mol. The molecule has 2 aromatic carbocycles. The van der Waals surface area contributed by atoms with Crippen molar-refractivity contribution in [3.63, 3.8) is 0 Å². The van der Waals surface area contributed by atoms with Gasteiger partial charge < -0.3 is 14.3 Å². The molecule has 0 spiro atoms. The number of aryl methyl sites for hydroxylation is 1. The number of hydrogen-bond acceptors (Lipinski definition) is 3. The number of amides is 1. The zero-order valence-electron chi connectivity index (χ0n) is 15.2. The van der Waals surface area contributed by atoms with Crippen LogP contribution >= 0.6 is 0 Å². The quantitative estimate of drug-likeness (QED) is 0.531. The second-order valence-corrected chi connectivity index (χ2v) is 6.63. The predicted octanol–water partition coefficient (Wildman–Crippen LogP) is 4.66. The maximum absolute atomic E-state index is 12.4. The third-order valence-electron chi connectivity index (χ3n) is 4.94. The van der Waals surface area contributed by atoms with Crippen LogP contribution in [0.2, 0.25) is 0 Å². The maximum Gasteiger partial charge on any atom is 0.227 e. The Kier molecular flexibility index (Phi) is 6.97. The standard InChI is InChI=1S/C22H21N2O2.Y/c25-22-14-13-19(7-4-8-21-23-15-16-26-21)24(22)20-11-9-18(10-12-20)17-5-2-1-3-6-17;/h1-3,5-6,9-12,15,19H,4,7-8,13-14H2;/q-1;/t19-;/m1./s1. The maximum atomic E-state index is 12.4. The van der Waals surface area contributed by atoms with Gasteiger partial charge in [-0.15, -0.1) is 0 Å². The molecule has 1 radical (unpaired) electrons. The third kappa shape index (κ3) is 4.74. The molecule has 0 N–H and O–H groups in total. The van der Waals surface area contributed by atoms with E-state index in [-0.39, 0.29) is 44.7 Å². The van der Waals surface area contributed by atoms with E-state index < -0.39 is 0 Å². The Labute approximate surface area is 184 Å². The van der Waals surface area contributed by atoms with Gasteiger partial charge in [-0.05, 0) is 48.7 Å². The fourth-order valence-corrected chi connectivity index (χ4v) is 3.64. The number of rotatable bonds is 6. The second-order valence-electron chi connectivity index (χ2n) is 6.63. The van der Waals surface area contributed by atoms with E-state index >= 15 is 0 Å². The van der Waals surface area contributed by atoms with E-state index in [0.717, 1.165) is 36.9 Å². The topological polar surface area (TPSA) is 46.3 Å². The van der Waals surface area contributed by atoms with Crippen molar-refractivity contribution in [3.8, 4) is 11.1 Å². The first kappa shape index (κ1) is 20.0. The van der Waals surface area contributed by atoms with Crippen molar-refractivity contribution < 1.29 is 41.9 Å². The van der Waals surface area contributed by atoms with Crippen molar-refractivity contribution in [2.24, 2.45) is 0 Å². The van der Waals surface area contributed by atoms with Gasteiger partial charge in [0.2, 0.25) is 5.91 Å². The van der Waals surface area contributed by atoms with Gasteiger partial charge in [0.15, 0.2) is 0 Å². The van der Waals surface area contributed by atoms with Gasteiger partial charge in [0.25, 0.3) is 0 Å². The SMILES string of the molecule is O=C1CC[C@@H](CCCc2nc[c-]o2)N1c1ccc(-c2ccccc2)cc1.[Y]. The molecule has 1 fully saturated rings. The van der Waals surface area contributed by atoms with Crippen molar-refractivity contribution in [2.75, 3.05) is 4.90 Å². The number of nitrogens with zero attached hydrogens (tertiary/aromatic N) is 2. The van der Waals surface area contributed by atoms with Crippen molar-refractivity contribution in [1.29, 1.82) is 0 Å². The van der Waals surface area contributed by atoms with E-state index in [4.69, 9.17) is 4.42 Å². The summed E-state index contributed by atoms with van der Waals surface area (Å²) in [7, 11) is 0. The van der Waals surface area contributed by atoms with Crippen LogP contribution < -0.4 is 4.90 Å². The molecule has 1 aliphatic heterocycles. The van der Waals surface area contributed by atoms with Gasteiger partial charge in [-0.2, -0.15) is 0 Å². The molecular formula is C22H21N2O2Y-. The number of carbonyl (C=O) groups is 1. The van der Waals surface area contributed by atoms with Crippen LogP contribution in [-0.4, -0.2) is 16.9 Å². The number of aromatic nitrogens is 1. The minimum Gasteiger partial charge on any atom is -0.630 e. The van der Waals surface area contributed by atoms with Crippen LogP contribution in [0.4, 0.5) is 5.69 Å². The van der Waals surface area contributed by atoms with Crippen molar-refractivity contribution >= 4 is 11.6 Å². The third-order valence-corrected chi connectivity index (χ3v) is 4.94. The molecule has 135 valence electrons. The van der Waals surface area contributed by atoms with E-state index in [1.165, 1.54) is 5.56 Å². The summed E-state index contributed by atoms with van der Waals surface area (Å²) >= 11 is 0. The van der Waals surface area contributed by atoms with Crippen LogP contribution in [-0.2, 0) is 43.9 Å². The Bertz CT molecular complexity index is 848. The normalized spacial score (nSPS) is 16.4. The molecule has 27 heavy (non-hydrogen) atoms. The van der Waals surface area contributed by atoms with Crippen molar-refractivity contribution in [1.82, 2.24) is 4.98 Å². The van der Waals surface area contributed by atoms with Crippen LogP contribution in [0.15, 0.2) is 65.2 Å². The molecule has 1 saturated heterocycles. The monoisotopic (exact) mass is 434 g/mol. The van der Waals surface area contributed by atoms with Crippen molar-refractivity contribution in [2.45, 2.75) is 38.1 Å². The molecule has 0 unspecified atom stereocenters. The van der Waals surface area contributed by atoms with Gasteiger partial charge in [0.1, 0.15) is 0 Å². The zero-order chi connectivity index (χ0) is 17.8. The van der Waals surface area contributed by atoms with Crippen LogP contribution in [0, 0.1) is 6.26 Å². The minimum atomic E-state index is 0. The van der Waals surface area contributed by atoms with Crippen LogP contribution in [0.1, 0.15) is 31.6 Å². The Morgan fingerprint density at radius 3 is 2.52 bits per heavy atom. The van der Waals surface area contributed by atoms with Crippen LogP contribution in [0.5, 0.6) is 0 Å². The fraction of sp³-hybridized carbons (Fsp3) is 0.273. The Morgan fingerprint density at radius 2 is 1.81 bits per heavy atom. The predicted molar refractivity (Wildman–Crippen MR) is 101 cm³/mol. The Hall–Kier alpha value is -1.78.